The summed E-state index contributed by atoms with van der Waals surface area (Å²) >= 11 is 0. The second-order valence-electron chi connectivity index (χ2n) is 4.22. The molecule has 0 amide bonds. The first kappa shape index (κ1) is 14.6. The highest BCUT2D eigenvalue weighted by atomic mass is 16.3. The summed E-state index contributed by atoms with van der Waals surface area (Å²) in [5.41, 5.74) is -0.682. The second kappa shape index (κ2) is 8.89. The van der Waals surface area contributed by atoms with Crippen LogP contribution in [-0.2, 0) is 0 Å². The summed E-state index contributed by atoms with van der Waals surface area (Å²) in [6.07, 6.45) is 7.96. The molecule has 0 aromatic carbocycles. The zero-order valence-corrected chi connectivity index (χ0v) is 9.49. The highest BCUT2D eigenvalue weighted by molar-refractivity contribution is 4.76. The average Bonchev–Trinajstić information content (AvgIpc) is 2.29. The molecule has 0 atom stereocenters. The third kappa shape index (κ3) is 5.92. The van der Waals surface area contributed by atoms with Gasteiger partial charge in [-0.1, -0.05) is 25.3 Å². The van der Waals surface area contributed by atoms with Crippen LogP contribution >= 0.6 is 0 Å². The molecule has 0 spiro atoms. The van der Waals surface area contributed by atoms with Crippen molar-refractivity contribution in [1.82, 2.24) is 0 Å². The zero-order chi connectivity index (χ0) is 11.6. The normalized spacial score (nSPS) is 11.7. The molecule has 0 aliphatic carbocycles. The number of hydrogen-bond donors (Lipinski definition) is 3. The molecule has 0 unspecified atom stereocenters. The Morgan fingerprint density at radius 1 is 0.867 bits per heavy atom. The Hall–Kier alpha value is -0.380. The van der Waals surface area contributed by atoms with Gasteiger partial charge in [-0.2, -0.15) is 0 Å². The van der Waals surface area contributed by atoms with Crippen LogP contribution in [0.2, 0.25) is 0 Å². The maximum absolute atomic E-state index is 9.08. The summed E-state index contributed by atoms with van der Waals surface area (Å²) in [5.74, 6) is 0. The summed E-state index contributed by atoms with van der Waals surface area (Å²) in [6, 6.07) is 0. The van der Waals surface area contributed by atoms with E-state index in [2.05, 4.69) is 6.58 Å². The SMILES string of the molecule is C=CCCCCCCC(CO)(CO)CO. The van der Waals surface area contributed by atoms with Crippen molar-refractivity contribution in [1.29, 1.82) is 0 Å². The first-order valence-electron chi connectivity index (χ1n) is 5.68. The van der Waals surface area contributed by atoms with Crippen LogP contribution in [0.4, 0.5) is 0 Å². The van der Waals surface area contributed by atoms with E-state index in [9.17, 15) is 0 Å². The first-order chi connectivity index (χ1) is 7.24. The monoisotopic (exact) mass is 216 g/mol. The summed E-state index contributed by atoms with van der Waals surface area (Å²) in [4.78, 5) is 0. The highest BCUT2D eigenvalue weighted by Crippen LogP contribution is 2.23. The molecule has 3 nitrogen and oxygen atoms in total. The standard InChI is InChI=1S/C12H24O3/c1-2-3-4-5-6-7-8-12(9-13,10-14)11-15/h2,13-15H,1,3-11H2. The van der Waals surface area contributed by atoms with E-state index in [1.54, 1.807) is 0 Å². The molecule has 0 saturated heterocycles. The van der Waals surface area contributed by atoms with E-state index >= 15 is 0 Å². The molecule has 0 aliphatic heterocycles. The van der Waals surface area contributed by atoms with E-state index in [4.69, 9.17) is 15.3 Å². The Labute approximate surface area is 92.4 Å². The smallest absolute Gasteiger partial charge is 0.0531 e. The molecule has 0 aliphatic rings. The molecule has 0 saturated carbocycles. The number of unbranched alkanes of at least 4 members (excludes halogenated alkanes) is 4. The van der Waals surface area contributed by atoms with Gasteiger partial charge in [-0.25, -0.2) is 0 Å². The van der Waals surface area contributed by atoms with Gasteiger partial charge >= 0.3 is 0 Å². The fraction of sp³-hybridized carbons (Fsp3) is 0.833. The van der Waals surface area contributed by atoms with Gasteiger partial charge in [-0.05, 0) is 19.3 Å². The maximum Gasteiger partial charge on any atom is 0.0531 e. The van der Waals surface area contributed by atoms with Crippen LogP contribution in [-0.4, -0.2) is 35.1 Å². The van der Waals surface area contributed by atoms with Crippen molar-refractivity contribution < 1.29 is 15.3 Å². The van der Waals surface area contributed by atoms with Gasteiger partial charge in [0.1, 0.15) is 0 Å². The number of aliphatic hydroxyl groups is 3. The summed E-state index contributed by atoms with van der Waals surface area (Å²) < 4.78 is 0. The first-order valence-corrected chi connectivity index (χ1v) is 5.68. The Morgan fingerprint density at radius 3 is 1.87 bits per heavy atom. The molecule has 3 N–H and O–H groups in total. The van der Waals surface area contributed by atoms with Crippen molar-refractivity contribution in [3.63, 3.8) is 0 Å². The Morgan fingerprint density at radius 2 is 1.40 bits per heavy atom. The summed E-state index contributed by atoms with van der Waals surface area (Å²) in [6.45, 7) is 3.22. The molecule has 3 heteroatoms. The van der Waals surface area contributed by atoms with Crippen LogP contribution in [0.3, 0.4) is 0 Å². The van der Waals surface area contributed by atoms with E-state index in [-0.39, 0.29) is 19.8 Å². The van der Waals surface area contributed by atoms with Crippen molar-refractivity contribution in [2.24, 2.45) is 5.41 Å². The molecule has 0 rings (SSSR count). The second-order valence-corrected chi connectivity index (χ2v) is 4.22. The van der Waals surface area contributed by atoms with E-state index in [1.165, 1.54) is 0 Å². The molecule has 0 aromatic heterocycles. The lowest BCUT2D eigenvalue weighted by molar-refractivity contribution is -0.00228. The van der Waals surface area contributed by atoms with E-state index in [1.807, 2.05) is 6.08 Å². The highest BCUT2D eigenvalue weighted by Gasteiger charge is 2.26. The van der Waals surface area contributed by atoms with Gasteiger partial charge in [0.25, 0.3) is 0 Å². The van der Waals surface area contributed by atoms with Gasteiger partial charge in [-0.15, -0.1) is 6.58 Å². The largest absolute Gasteiger partial charge is 0.396 e. The topological polar surface area (TPSA) is 60.7 Å². The van der Waals surface area contributed by atoms with Crippen LogP contribution in [0.1, 0.15) is 38.5 Å². The Balaban J connectivity index is 3.58. The average molecular weight is 216 g/mol. The summed E-state index contributed by atoms with van der Waals surface area (Å²) in [7, 11) is 0. The third-order valence-electron chi connectivity index (χ3n) is 2.87. The summed E-state index contributed by atoms with van der Waals surface area (Å²) in [5, 5.41) is 27.3. The van der Waals surface area contributed by atoms with E-state index in [0.717, 1.165) is 32.1 Å². The maximum atomic E-state index is 9.08. The van der Waals surface area contributed by atoms with Crippen molar-refractivity contribution in [2.75, 3.05) is 19.8 Å². The van der Waals surface area contributed by atoms with Crippen molar-refractivity contribution in [3.05, 3.63) is 12.7 Å². The van der Waals surface area contributed by atoms with E-state index in [0.29, 0.717) is 6.42 Å². The molecule has 90 valence electrons. The third-order valence-corrected chi connectivity index (χ3v) is 2.87. The van der Waals surface area contributed by atoms with E-state index < -0.39 is 5.41 Å². The van der Waals surface area contributed by atoms with Crippen molar-refractivity contribution in [2.45, 2.75) is 38.5 Å². The lowest BCUT2D eigenvalue weighted by Crippen LogP contribution is -2.33. The molecule has 0 fully saturated rings. The predicted octanol–water partition coefficient (Wildman–Crippen LogP) is 1.48. The number of rotatable bonds is 10. The fourth-order valence-electron chi connectivity index (χ4n) is 1.53. The molecule has 0 bridgehead atoms. The van der Waals surface area contributed by atoms with Crippen LogP contribution in [0.5, 0.6) is 0 Å². The molecule has 15 heavy (non-hydrogen) atoms. The number of allylic oxidation sites excluding steroid dienone is 1. The minimum atomic E-state index is -0.682. The van der Waals surface area contributed by atoms with Crippen LogP contribution in [0, 0.1) is 5.41 Å². The minimum Gasteiger partial charge on any atom is -0.396 e. The van der Waals surface area contributed by atoms with Crippen molar-refractivity contribution in [3.8, 4) is 0 Å². The Kier molecular flexibility index (Phi) is 8.67. The molecule has 0 aromatic rings. The number of aliphatic hydroxyl groups excluding tert-OH is 3. The quantitative estimate of drug-likeness (QED) is 0.383. The van der Waals surface area contributed by atoms with Gasteiger partial charge < -0.3 is 15.3 Å². The van der Waals surface area contributed by atoms with Crippen LogP contribution in [0.15, 0.2) is 12.7 Å². The lowest BCUT2D eigenvalue weighted by atomic mass is 9.85. The zero-order valence-electron chi connectivity index (χ0n) is 9.49. The molecular formula is C12H24O3. The molecule has 0 radical (unpaired) electrons. The fourth-order valence-corrected chi connectivity index (χ4v) is 1.53. The minimum absolute atomic E-state index is 0.146. The van der Waals surface area contributed by atoms with Crippen molar-refractivity contribution >= 4 is 0 Å². The van der Waals surface area contributed by atoms with Gasteiger partial charge in [0.05, 0.1) is 19.8 Å². The van der Waals surface area contributed by atoms with Gasteiger partial charge in [0.15, 0.2) is 0 Å². The van der Waals surface area contributed by atoms with Crippen LogP contribution < -0.4 is 0 Å². The molecule has 0 heterocycles. The van der Waals surface area contributed by atoms with Gasteiger partial charge in [-0.3, -0.25) is 0 Å². The number of hydrogen-bond acceptors (Lipinski definition) is 3. The van der Waals surface area contributed by atoms with Gasteiger partial charge in [0.2, 0.25) is 0 Å². The van der Waals surface area contributed by atoms with Gasteiger partial charge in [0, 0.05) is 5.41 Å². The Bertz CT molecular complexity index is 145. The lowest BCUT2D eigenvalue weighted by Gasteiger charge is -2.27. The van der Waals surface area contributed by atoms with Crippen LogP contribution in [0.25, 0.3) is 0 Å². The predicted molar refractivity (Wildman–Crippen MR) is 61.6 cm³/mol. The molecular weight excluding hydrogens is 192 g/mol.